The summed E-state index contributed by atoms with van der Waals surface area (Å²) in [7, 11) is 1.60. The van der Waals surface area contributed by atoms with E-state index in [0.717, 1.165) is 22.4 Å². The van der Waals surface area contributed by atoms with Gasteiger partial charge in [0.1, 0.15) is 0 Å². The van der Waals surface area contributed by atoms with E-state index in [-0.39, 0.29) is 12.5 Å². The summed E-state index contributed by atoms with van der Waals surface area (Å²) in [4.78, 5) is 18.4. The fraction of sp³-hybridized carbons (Fsp3) is 0.368. The molecule has 0 bridgehead atoms. The Balaban J connectivity index is 1.69. The van der Waals surface area contributed by atoms with Crippen LogP contribution >= 0.6 is 0 Å². The molecule has 0 radical (unpaired) electrons. The van der Waals surface area contributed by atoms with E-state index in [4.69, 9.17) is 9.47 Å². The number of rotatable bonds is 5. The van der Waals surface area contributed by atoms with Crippen LogP contribution in [0.4, 0.5) is 5.69 Å². The van der Waals surface area contributed by atoms with Crippen molar-refractivity contribution in [1.82, 2.24) is 9.88 Å². The zero-order valence-electron chi connectivity index (χ0n) is 14.6. The summed E-state index contributed by atoms with van der Waals surface area (Å²) >= 11 is 0. The number of aryl methyl sites for hydroxylation is 1. The highest BCUT2D eigenvalue weighted by molar-refractivity contribution is 5.82. The molecule has 1 aromatic heterocycles. The molecule has 0 unspecified atom stereocenters. The van der Waals surface area contributed by atoms with Crippen LogP contribution in [0.25, 0.3) is 11.1 Å². The molecule has 1 fully saturated rings. The van der Waals surface area contributed by atoms with E-state index in [9.17, 15) is 4.79 Å². The summed E-state index contributed by atoms with van der Waals surface area (Å²) in [6, 6.07) is 9.95. The number of methoxy groups -OCH3 is 1. The largest absolute Gasteiger partial charge is 0.481 e. The number of morpholine rings is 1. The van der Waals surface area contributed by atoms with E-state index in [0.29, 0.717) is 32.2 Å². The van der Waals surface area contributed by atoms with Crippen LogP contribution in [0.15, 0.2) is 36.5 Å². The predicted molar refractivity (Wildman–Crippen MR) is 96.9 cm³/mol. The summed E-state index contributed by atoms with van der Waals surface area (Å²) in [5.74, 6) is 0.685. The van der Waals surface area contributed by atoms with Gasteiger partial charge in [0.15, 0.2) is 0 Å². The molecule has 0 spiro atoms. The smallest absolute Gasteiger partial charge is 0.242 e. The molecular formula is C19H23N3O3. The first-order valence-corrected chi connectivity index (χ1v) is 8.38. The molecule has 0 atom stereocenters. The minimum absolute atomic E-state index is 0.0965. The van der Waals surface area contributed by atoms with E-state index in [1.165, 1.54) is 0 Å². The number of pyridine rings is 1. The third-order valence-corrected chi connectivity index (χ3v) is 4.31. The van der Waals surface area contributed by atoms with Gasteiger partial charge in [-0.15, -0.1) is 0 Å². The van der Waals surface area contributed by atoms with Crippen LogP contribution in [0, 0.1) is 6.92 Å². The molecule has 0 aliphatic carbocycles. The van der Waals surface area contributed by atoms with Crippen molar-refractivity contribution in [2.45, 2.75) is 6.92 Å². The average molecular weight is 341 g/mol. The number of hydrogen-bond donors (Lipinski definition) is 1. The van der Waals surface area contributed by atoms with Crippen molar-refractivity contribution in [3.05, 3.63) is 42.1 Å². The van der Waals surface area contributed by atoms with E-state index < -0.39 is 0 Å². The molecule has 1 aliphatic rings. The fourth-order valence-electron chi connectivity index (χ4n) is 2.76. The normalized spacial score (nSPS) is 14.2. The molecule has 6 nitrogen and oxygen atoms in total. The van der Waals surface area contributed by atoms with Crippen LogP contribution in [0.2, 0.25) is 0 Å². The van der Waals surface area contributed by atoms with Gasteiger partial charge in [-0.2, -0.15) is 0 Å². The molecular weight excluding hydrogens is 318 g/mol. The van der Waals surface area contributed by atoms with Gasteiger partial charge in [-0.05, 0) is 30.2 Å². The second-order valence-corrected chi connectivity index (χ2v) is 5.97. The van der Waals surface area contributed by atoms with Crippen molar-refractivity contribution in [2.75, 3.05) is 45.3 Å². The zero-order chi connectivity index (χ0) is 17.6. The van der Waals surface area contributed by atoms with E-state index in [2.05, 4.69) is 10.3 Å². The van der Waals surface area contributed by atoms with Gasteiger partial charge in [0, 0.05) is 36.6 Å². The number of nitrogens with one attached hydrogen (secondary N) is 1. The van der Waals surface area contributed by atoms with Crippen molar-refractivity contribution in [1.29, 1.82) is 0 Å². The lowest BCUT2D eigenvalue weighted by Crippen LogP contribution is -2.43. The monoisotopic (exact) mass is 341 g/mol. The molecule has 1 aromatic carbocycles. The van der Waals surface area contributed by atoms with Crippen LogP contribution in [0.1, 0.15) is 5.56 Å². The van der Waals surface area contributed by atoms with Crippen molar-refractivity contribution >= 4 is 11.6 Å². The van der Waals surface area contributed by atoms with Crippen molar-refractivity contribution in [3.63, 3.8) is 0 Å². The van der Waals surface area contributed by atoms with Gasteiger partial charge in [-0.1, -0.05) is 12.1 Å². The Kier molecular flexibility index (Phi) is 5.50. The van der Waals surface area contributed by atoms with Gasteiger partial charge in [0.25, 0.3) is 0 Å². The van der Waals surface area contributed by atoms with Gasteiger partial charge in [-0.25, -0.2) is 4.98 Å². The van der Waals surface area contributed by atoms with Crippen LogP contribution in [0.3, 0.4) is 0 Å². The lowest BCUT2D eigenvalue weighted by Gasteiger charge is -2.27. The fourth-order valence-corrected chi connectivity index (χ4v) is 2.76. The second kappa shape index (κ2) is 7.98. The van der Waals surface area contributed by atoms with Crippen molar-refractivity contribution < 1.29 is 14.3 Å². The number of carbonyl (C=O) groups excluding carboxylic acids is 1. The second-order valence-electron chi connectivity index (χ2n) is 5.97. The number of amides is 1. The first-order valence-electron chi connectivity index (χ1n) is 8.38. The topological polar surface area (TPSA) is 63.7 Å². The number of anilines is 1. The molecule has 132 valence electrons. The molecule has 2 heterocycles. The highest BCUT2D eigenvalue weighted by Crippen LogP contribution is 2.26. The number of hydrogen-bond acceptors (Lipinski definition) is 5. The minimum atomic E-state index is 0.0965. The van der Waals surface area contributed by atoms with E-state index in [1.807, 2.05) is 42.2 Å². The van der Waals surface area contributed by atoms with Crippen LogP contribution in [-0.2, 0) is 9.53 Å². The summed E-state index contributed by atoms with van der Waals surface area (Å²) in [6.07, 6.45) is 1.78. The predicted octanol–water partition coefficient (Wildman–Crippen LogP) is 2.34. The minimum Gasteiger partial charge on any atom is -0.481 e. The maximum atomic E-state index is 12.3. The van der Waals surface area contributed by atoms with Gasteiger partial charge >= 0.3 is 0 Å². The Labute approximate surface area is 147 Å². The highest BCUT2D eigenvalue weighted by Gasteiger charge is 2.16. The number of nitrogens with zero attached hydrogens (tertiary/aromatic N) is 2. The molecule has 1 N–H and O–H groups in total. The third-order valence-electron chi connectivity index (χ3n) is 4.31. The maximum Gasteiger partial charge on any atom is 0.242 e. The Hall–Kier alpha value is -2.60. The Bertz CT molecular complexity index is 725. The molecule has 6 heteroatoms. The quantitative estimate of drug-likeness (QED) is 0.904. The number of aromatic nitrogens is 1. The Morgan fingerprint density at radius 1 is 1.24 bits per heavy atom. The SMILES string of the molecule is COc1ccc(-c2ccc(C)c(NCC(=O)N3CCOCC3)c2)cn1. The Morgan fingerprint density at radius 2 is 2.00 bits per heavy atom. The molecule has 0 saturated carbocycles. The lowest BCUT2D eigenvalue weighted by atomic mass is 10.0. The van der Waals surface area contributed by atoms with E-state index in [1.54, 1.807) is 13.3 Å². The van der Waals surface area contributed by atoms with Gasteiger partial charge in [0.05, 0.1) is 26.9 Å². The highest BCUT2D eigenvalue weighted by atomic mass is 16.5. The average Bonchev–Trinajstić information content (AvgIpc) is 2.68. The molecule has 2 aromatic rings. The van der Waals surface area contributed by atoms with Gasteiger partial charge in [0.2, 0.25) is 11.8 Å². The summed E-state index contributed by atoms with van der Waals surface area (Å²) in [5, 5.41) is 3.27. The first kappa shape index (κ1) is 17.2. The van der Waals surface area contributed by atoms with Crippen molar-refractivity contribution in [3.8, 4) is 17.0 Å². The third kappa shape index (κ3) is 4.28. The standard InChI is InChI=1S/C19H23N3O3/c1-14-3-4-15(16-5-6-18(24-2)21-12-16)11-17(14)20-13-19(23)22-7-9-25-10-8-22/h3-6,11-12,20H,7-10,13H2,1-2H3. The maximum absolute atomic E-state index is 12.3. The molecule has 25 heavy (non-hydrogen) atoms. The molecule has 1 amide bonds. The Morgan fingerprint density at radius 3 is 2.68 bits per heavy atom. The van der Waals surface area contributed by atoms with Crippen molar-refractivity contribution in [2.24, 2.45) is 0 Å². The number of benzene rings is 1. The molecule has 3 rings (SSSR count). The number of carbonyl (C=O) groups is 1. The summed E-state index contributed by atoms with van der Waals surface area (Å²) in [6.45, 7) is 4.87. The van der Waals surface area contributed by atoms with Gasteiger partial charge in [-0.3, -0.25) is 4.79 Å². The summed E-state index contributed by atoms with van der Waals surface area (Å²) in [5.41, 5.74) is 4.10. The first-order chi connectivity index (χ1) is 12.2. The van der Waals surface area contributed by atoms with Crippen LogP contribution in [0.5, 0.6) is 5.88 Å². The van der Waals surface area contributed by atoms with Gasteiger partial charge < -0.3 is 19.7 Å². The van der Waals surface area contributed by atoms with E-state index >= 15 is 0 Å². The molecule has 1 aliphatic heterocycles. The van der Waals surface area contributed by atoms with Crippen LogP contribution < -0.4 is 10.1 Å². The zero-order valence-corrected chi connectivity index (χ0v) is 14.6. The molecule has 1 saturated heterocycles. The van der Waals surface area contributed by atoms with Crippen LogP contribution in [-0.4, -0.2) is 55.7 Å². The lowest BCUT2D eigenvalue weighted by molar-refractivity contribution is -0.133. The number of ether oxygens (including phenoxy) is 2. The summed E-state index contributed by atoms with van der Waals surface area (Å²) < 4.78 is 10.4.